The van der Waals surface area contributed by atoms with Crippen molar-refractivity contribution in [1.29, 1.82) is 0 Å². The number of rotatable bonds is 5. The molecule has 0 radical (unpaired) electrons. The minimum absolute atomic E-state index is 0.0681. The fourth-order valence-electron chi connectivity index (χ4n) is 2.84. The Morgan fingerprint density at radius 3 is 2.81 bits per heavy atom. The molecule has 0 fully saturated rings. The molecular formula is C20H19ClN2O4. The monoisotopic (exact) mass is 386 g/mol. The van der Waals surface area contributed by atoms with E-state index >= 15 is 0 Å². The van der Waals surface area contributed by atoms with Crippen LogP contribution in [0.25, 0.3) is 11.0 Å². The number of carbonyl (C=O) groups excluding carboxylic acids is 1. The number of phenolic OH excluding ortho intramolecular Hbond substituents is 1. The number of halogens is 1. The molecule has 0 bridgehead atoms. The summed E-state index contributed by atoms with van der Waals surface area (Å²) in [5, 5.41) is 10.4. The molecule has 0 spiro atoms. The number of pyridine rings is 1. The third-order valence-corrected chi connectivity index (χ3v) is 4.84. The normalized spacial score (nSPS) is 10.9. The first-order chi connectivity index (χ1) is 12.9. The maximum atomic E-state index is 12.6. The van der Waals surface area contributed by atoms with Crippen molar-refractivity contribution in [2.24, 2.45) is 0 Å². The van der Waals surface area contributed by atoms with Gasteiger partial charge in [0.05, 0.1) is 17.0 Å². The molecule has 2 heterocycles. The van der Waals surface area contributed by atoms with Gasteiger partial charge in [-0.15, -0.1) is 0 Å². The van der Waals surface area contributed by atoms with Gasteiger partial charge in [0, 0.05) is 43.4 Å². The number of hydrogen-bond acceptors (Lipinski definition) is 5. The van der Waals surface area contributed by atoms with Crippen molar-refractivity contribution in [3.8, 4) is 5.75 Å². The highest BCUT2D eigenvalue weighted by Crippen LogP contribution is 2.30. The van der Waals surface area contributed by atoms with Crippen LogP contribution in [0.3, 0.4) is 0 Å². The summed E-state index contributed by atoms with van der Waals surface area (Å²) in [7, 11) is 1.69. The summed E-state index contributed by atoms with van der Waals surface area (Å²) < 4.78 is 5.26. The summed E-state index contributed by atoms with van der Waals surface area (Å²) in [4.78, 5) is 30.7. The van der Waals surface area contributed by atoms with E-state index in [0.717, 1.165) is 5.69 Å². The first-order valence-electron chi connectivity index (χ1n) is 8.45. The van der Waals surface area contributed by atoms with Crippen LogP contribution in [0.5, 0.6) is 5.75 Å². The van der Waals surface area contributed by atoms with Gasteiger partial charge in [-0.1, -0.05) is 17.7 Å². The van der Waals surface area contributed by atoms with Crippen LogP contribution in [0, 0.1) is 6.92 Å². The van der Waals surface area contributed by atoms with E-state index in [1.165, 1.54) is 12.1 Å². The number of fused-ring (bicyclic) bond motifs is 1. The van der Waals surface area contributed by atoms with Crippen molar-refractivity contribution in [3.63, 3.8) is 0 Å². The van der Waals surface area contributed by atoms with E-state index in [-0.39, 0.29) is 28.7 Å². The molecule has 0 aliphatic rings. The number of likely N-dealkylation sites (N-methyl/N-ethyl adjacent to an activating group) is 1. The summed E-state index contributed by atoms with van der Waals surface area (Å²) in [6.07, 6.45) is 2.27. The number of amides is 1. The van der Waals surface area contributed by atoms with Gasteiger partial charge in [0.15, 0.2) is 0 Å². The second-order valence-electron chi connectivity index (χ2n) is 6.36. The summed E-state index contributed by atoms with van der Waals surface area (Å²) >= 11 is 5.96. The molecule has 0 saturated heterocycles. The number of aromatic hydroxyl groups is 1. The molecule has 1 amide bonds. The molecule has 3 rings (SSSR count). The smallest absolute Gasteiger partial charge is 0.340 e. The molecule has 1 aromatic carbocycles. The Kier molecular flexibility index (Phi) is 5.46. The summed E-state index contributed by atoms with van der Waals surface area (Å²) in [5.41, 5.74) is 1.45. The SMILES string of the molecule is Cc1c(CC(=O)N(C)CCc2ccccn2)c(=O)oc2cc(O)c(Cl)cc12. The molecule has 0 aliphatic heterocycles. The molecule has 6 nitrogen and oxygen atoms in total. The second kappa shape index (κ2) is 7.80. The van der Waals surface area contributed by atoms with Crippen LogP contribution >= 0.6 is 11.6 Å². The minimum Gasteiger partial charge on any atom is -0.506 e. The maximum absolute atomic E-state index is 12.6. The number of aromatic nitrogens is 1. The molecule has 3 aromatic rings. The minimum atomic E-state index is -0.590. The molecule has 7 heteroatoms. The van der Waals surface area contributed by atoms with Crippen molar-refractivity contribution in [3.05, 3.63) is 68.8 Å². The fraction of sp³-hybridized carbons (Fsp3) is 0.250. The highest BCUT2D eigenvalue weighted by Gasteiger charge is 2.18. The Labute approximate surface area is 161 Å². The average Bonchev–Trinajstić information content (AvgIpc) is 2.65. The van der Waals surface area contributed by atoms with Gasteiger partial charge in [0.2, 0.25) is 5.91 Å². The quantitative estimate of drug-likeness (QED) is 0.681. The van der Waals surface area contributed by atoms with E-state index in [1.807, 2.05) is 18.2 Å². The average molecular weight is 387 g/mol. The number of nitrogens with zero attached hydrogens (tertiary/aromatic N) is 2. The maximum Gasteiger partial charge on any atom is 0.340 e. The molecule has 0 saturated carbocycles. The Morgan fingerprint density at radius 1 is 1.33 bits per heavy atom. The van der Waals surface area contributed by atoms with Crippen LogP contribution in [0.15, 0.2) is 45.7 Å². The Bertz CT molecular complexity index is 1050. The van der Waals surface area contributed by atoms with Gasteiger partial charge in [0.25, 0.3) is 0 Å². The van der Waals surface area contributed by atoms with Crippen LogP contribution in [-0.4, -0.2) is 34.5 Å². The van der Waals surface area contributed by atoms with Crippen molar-refractivity contribution in [2.45, 2.75) is 19.8 Å². The lowest BCUT2D eigenvalue weighted by atomic mass is 10.0. The first-order valence-corrected chi connectivity index (χ1v) is 8.83. The second-order valence-corrected chi connectivity index (χ2v) is 6.76. The topological polar surface area (TPSA) is 83.6 Å². The van der Waals surface area contributed by atoms with E-state index in [1.54, 1.807) is 25.1 Å². The molecule has 0 aliphatic carbocycles. The van der Waals surface area contributed by atoms with Gasteiger partial charge >= 0.3 is 5.63 Å². The van der Waals surface area contributed by atoms with Crippen molar-refractivity contribution in [1.82, 2.24) is 9.88 Å². The summed E-state index contributed by atoms with van der Waals surface area (Å²) in [6.45, 7) is 2.23. The van der Waals surface area contributed by atoms with Gasteiger partial charge in [0.1, 0.15) is 11.3 Å². The van der Waals surface area contributed by atoms with E-state index in [0.29, 0.717) is 29.5 Å². The van der Waals surface area contributed by atoms with Gasteiger partial charge in [-0.2, -0.15) is 0 Å². The third-order valence-electron chi connectivity index (χ3n) is 4.54. The first kappa shape index (κ1) is 18.9. The molecule has 0 unspecified atom stereocenters. The number of aryl methyl sites for hydroxylation is 1. The van der Waals surface area contributed by atoms with Crippen LogP contribution in [0.2, 0.25) is 5.02 Å². The highest BCUT2D eigenvalue weighted by molar-refractivity contribution is 6.32. The molecular weight excluding hydrogens is 368 g/mol. The van der Waals surface area contributed by atoms with Crippen LogP contribution < -0.4 is 5.63 Å². The van der Waals surface area contributed by atoms with Gasteiger partial charge in [-0.3, -0.25) is 9.78 Å². The van der Waals surface area contributed by atoms with E-state index in [9.17, 15) is 14.7 Å². The standard InChI is InChI=1S/C20H19ClN2O4/c1-12-14-9-16(21)17(24)11-18(14)27-20(26)15(12)10-19(25)23(2)8-6-13-5-3-4-7-22-13/h3-5,7,9,11,24H,6,8,10H2,1-2H3. The van der Waals surface area contributed by atoms with Crippen molar-refractivity contribution >= 4 is 28.5 Å². The lowest BCUT2D eigenvalue weighted by molar-refractivity contribution is -0.129. The number of benzene rings is 1. The third kappa shape index (κ3) is 4.11. The van der Waals surface area contributed by atoms with Gasteiger partial charge in [-0.05, 0) is 30.7 Å². The zero-order valence-electron chi connectivity index (χ0n) is 15.0. The summed E-state index contributed by atoms with van der Waals surface area (Å²) in [5.74, 6) is -0.352. The summed E-state index contributed by atoms with van der Waals surface area (Å²) in [6, 6.07) is 8.47. The zero-order valence-corrected chi connectivity index (χ0v) is 15.8. The number of carbonyl (C=O) groups is 1. The lowest BCUT2D eigenvalue weighted by Gasteiger charge is -2.17. The lowest BCUT2D eigenvalue weighted by Crippen LogP contribution is -2.32. The Morgan fingerprint density at radius 2 is 2.11 bits per heavy atom. The van der Waals surface area contributed by atoms with Crippen LogP contribution in [0.4, 0.5) is 0 Å². The molecule has 140 valence electrons. The molecule has 2 aromatic heterocycles. The predicted molar refractivity (Wildman–Crippen MR) is 103 cm³/mol. The van der Waals surface area contributed by atoms with Gasteiger partial charge in [-0.25, -0.2) is 4.79 Å². The number of phenols is 1. The van der Waals surface area contributed by atoms with Gasteiger partial charge < -0.3 is 14.4 Å². The molecule has 27 heavy (non-hydrogen) atoms. The van der Waals surface area contributed by atoms with E-state index in [2.05, 4.69) is 4.98 Å². The Hall–Kier alpha value is -2.86. The van der Waals surface area contributed by atoms with Crippen molar-refractivity contribution in [2.75, 3.05) is 13.6 Å². The fourth-order valence-corrected chi connectivity index (χ4v) is 3.00. The van der Waals surface area contributed by atoms with E-state index < -0.39 is 5.63 Å². The molecule has 1 N–H and O–H groups in total. The Balaban J connectivity index is 1.80. The van der Waals surface area contributed by atoms with Crippen LogP contribution in [-0.2, 0) is 17.6 Å². The highest BCUT2D eigenvalue weighted by atomic mass is 35.5. The largest absolute Gasteiger partial charge is 0.506 e. The molecule has 0 atom stereocenters. The van der Waals surface area contributed by atoms with Crippen molar-refractivity contribution < 1.29 is 14.3 Å². The van der Waals surface area contributed by atoms with Crippen LogP contribution in [0.1, 0.15) is 16.8 Å². The number of hydrogen-bond donors (Lipinski definition) is 1. The zero-order chi connectivity index (χ0) is 19.6. The predicted octanol–water partition coefficient (Wildman–Crippen LogP) is 3.10. The van der Waals surface area contributed by atoms with E-state index in [4.69, 9.17) is 16.0 Å².